The number of allylic oxidation sites excluding steroid dienone is 1. The lowest BCUT2D eigenvalue weighted by atomic mass is 10.1. The van der Waals surface area contributed by atoms with Crippen LogP contribution in [0.4, 0.5) is 5.82 Å². The Hall–Kier alpha value is -1.26. The monoisotopic (exact) mass is 252 g/mol. The van der Waals surface area contributed by atoms with Crippen molar-refractivity contribution in [2.24, 2.45) is 0 Å². The molecule has 1 saturated heterocycles. The van der Waals surface area contributed by atoms with Crippen LogP contribution in [0.3, 0.4) is 0 Å². The summed E-state index contributed by atoms with van der Waals surface area (Å²) in [4.78, 5) is 4.15. The predicted molar refractivity (Wildman–Crippen MR) is 70.8 cm³/mol. The van der Waals surface area contributed by atoms with E-state index >= 15 is 0 Å². The molecule has 0 unspecified atom stereocenters. The largest absolute Gasteiger partial charge is 0.310 e. The van der Waals surface area contributed by atoms with Crippen molar-refractivity contribution >= 4 is 17.4 Å². The zero-order valence-corrected chi connectivity index (χ0v) is 10.8. The third-order valence-electron chi connectivity index (χ3n) is 2.87. The minimum absolute atomic E-state index is 0.556. The van der Waals surface area contributed by atoms with E-state index in [-0.39, 0.29) is 0 Å². The Morgan fingerprint density at radius 1 is 1.59 bits per heavy atom. The molecular formula is C12H17ClN4. The van der Waals surface area contributed by atoms with Crippen LogP contribution in [0.2, 0.25) is 5.02 Å². The van der Waals surface area contributed by atoms with Gasteiger partial charge in [-0.2, -0.15) is 0 Å². The molecule has 1 aliphatic rings. The molecule has 1 aromatic heterocycles. The van der Waals surface area contributed by atoms with Crippen LogP contribution in [-0.2, 0) is 0 Å². The maximum atomic E-state index is 6.00. The molecule has 92 valence electrons. The van der Waals surface area contributed by atoms with E-state index in [1.807, 2.05) is 0 Å². The molecule has 0 spiro atoms. The highest BCUT2D eigenvalue weighted by Crippen LogP contribution is 2.18. The fourth-order valence-corrected chi connectivity index (χ4v) is 1.98. The van der Waals surface area contributed by atoms with Gasteiger partial charge in [-0.15, -0.1) is 0 Å². The van der Waals surface area contributed by atoms with Gasteiger partial charge in [-0.1, -0.05) is 11.6 Å². The highest BCUT2D eigenvalue weighted by molar-refractivity contribution is 6.32. The van der Waals surface area contributed by atoms with Gasteiger partial charge in [0.15, 0.2) is 5.82 Å². The molecule has 5 heteroatoms. The number of nitrogens with one attached hydrogen (secondary N) is 3. The molecule has 0 aliphatic carbocycles. The normalized spacial score (nSPS) is 22.4. The summed E-state index contributed by atoms with van der Waals surface area (Å²) in [7, 11) is 0. The standard InChI is InChI=1S/C12H17ClN4/c1-8-6-10(7-15-8)9(2)16-17-12-11(13)4-3-5-14-12/h3-5,8,15-16H,6-7H2,1-2H3,(H,14,17)/t8-/m0/s1. The molecule has 0 aromatic carbocycles. The number of nitrogens with zero attached hydrogens (tertiary/aromatic N) is 1. The van der Waals surface area contributed by atoms with Crippen molar-refractivity contribution in [1.29, 1.82) is 0 Å². The van der Waals surface area contributed by atoms with Crippen LogP contribution in [-0.4, -0.2) is 17.6 Å². The van der Waals surface area contributed by atoms with E-state index < -0.39 is 0 Å². The lowest BCUT2D eigenvalue weighted by Gasteiger charge is -2.12. The van der Waals surface area contributed by atoms with Gasteiger partial charge >= 0.3 is 0 Å². The molecule has 1 aliphatic heterocycles. The molecule has 0 saturated carbocycles. The number of anilines is 1. The summed E-state index contributed by atoms with van der Waals surface area (Å²) in [6.07, 6.45) is 2.79. The number of rotatable bonds is 3. The molecule has 0 amide bonds. The molecule has 0 radical (unpaired) electrons. The van der Waals surface area contributed by atoms with Crippen molar-refractivity contribution in [2.45, 2.75) is 26.3 Å². The van der Waals surface area contributed by atoms with Crippen molar-refractivity contribution in [3.8, 4) is 0 Å². The van der Waals surface area contributed by atoms with E-state index in [0.29, 0.717) is 16.9 Å². The summed E-state index contributed by atoms with van der Waals surface area (Å²) >= 11 is 6.00. The van der Waals surface area contributed by atoms with Gasteiger partial charge in [-0.05, 0) is 38.0 Å². The summed E-state index contributed by atoms with van der Waals surface area (Å²) in [6.45, 7) is 5.18. The summed E-state index contributed by atoms with van der Waals surface area (Å²) in [5.41, 5.74) is 8.69. The Kier molecular flexibility index (Phi) is 3.86. The second kappa shape index (κ2) is 5.38. The average molecular weight is 253 g/mol. The van der Waals surface area contributed by atoms with Gasteiger partial charge in [0.05, 0.1) is 5.02 Å². The Morgan fingerprint density at radius 2 is 2.41 bits per heavy atom. The fourth-order valence-electron chi connectivity index (χ4n) is 1.82. The van der Waals surface area contributed by atoms with Crippen molar-refractivity contribution < 1.29 is 0 Å². The van der Waals surface area contributed by atoms with Crippen LogP contribution in [0, 0.1) is 0 Å². The zero-order valence-electron chi connectivity index (χ0n) is 10.0. The lowest BCUT2D eigenvalue weighted by Crippen LogP contribution is -2.22. The molecule has 0 bridgehead atoms. The van der Waals surface area contributed by atoms with Gasteiger partial charge in [-0.3, -0.25) is 5.43 Å². The first-order chi connectivity index (χ1) is 8.16. The van der Waals surface area contributed by atoms with Gasteiger partial charge in [0, 0.05) is 24.5 Å². The van der Waals surface area contributed by atoms with E-state index in [4.69, 9.17) is 11.6 Å². The Bertz CT molecular complexity index is 430. The van der Waals surface area contributed by atoms with Crippen molar-refractivity contribution in [2.75, 3.05) is 12.0 Å². The highest BCUT2D eigenvalue weighted by Gasteiger charge is 2.15. The van der Waals surface area contributed by atoms with Gasteiger partial charge < -0.3 is 10.7 Å². The Morgan fingerprint density at radius 3 is 3.06 bits per heavy atom. The minimum Gasteiger partial charge on any atom is -0.310 e. The van der Waals surface area contributed by atoms with Crippen molar-refractivity contribution in [3.05, 3.63) is 34.6 Å². The van der Waals surface area contributed by atoms with E-state index in [1.165, 1.54) is 5.57 Å². The third-order valence-corrected chi connectivity index (χ3v) is 3.18. The molecule has 17 heavy (non-hydrogen) atoms. The fraction of sp³-hybridized carbons (Fsp3) is 0.417. The number of hydrogen-bond donors (Lipinski definition) is 3. The topological polar surface area (TPSA) is 49.0 Å². The highest BCUT2D eigenvalue weighted by atomic mass is 35.5. The van der Waals surface area contributed by atoms with E-state index in [0.717, 1.165) is 18.7 Å². The molecule has 1 atom stereocenters. The van der Waals surface area contributed by atoms with Crippen LogP contribution in [0.25, 0.3) is 0 Å². The molecule has 3 N–H and O–H groups in total. The molecule has 1 fully saturated rings. The second-order valence-corrected chi connectivity index (χ2v) is 4.71. The number of hydrogen-bond acceptors (Lipinski definition) is 4. The van der Waals surface area contributed by atoms with Gasteiger partial charge in [0.25, 0.3) is 0 Å². The second-order valence-electron chi connectivity index (χ2n) is 4.30. The summed E-state index contributed by atoms with van der Waals surface area (Å²) in [6, 6.07) is 4.17. The maximum absolute atomic E-state index is 6.00. The summed E-state index contributed by atoms with van der Waals surface area (Å²) in [5.74, 6) is 0.646. The Labute approximate surface area is 106 Å². The van der Waals surface area contributed by atoms with Crippen LogP contribution in [0.1, 0.15) is 20.3 Å². The quantitative estimate of drug-likeness (QED) is 0.723. The molecule has 1 aromatic rings. The Balaban J connectivity index is 1.97. The number of pyridine rings is 1. The van der Waals surface area contributed by atoms with Gasteiger partial charge in [0.1, 0.15) is 0 Å². The third kappa shape index (κ3) is 3.11. The molecular weight excluding hydrogens is 236 g/mol. The first-order valence-corrected chi connectivity index (χ1v) is 6.09. The average Bonchev–Trinajstić information content (AvgIpc) is 2.74. The summed E-state index contributed by atoms with van der Waals surface area (Å²) < 4.78 is 0. The van der Waals surface area contributed by atoms with Crippen LogP contribution in [0.15, 0.2) is 29.6 Å². The van der Waals surface area contributed by atoms with Crippen LogP contribution >= 0.6 is 11.6 Å². The number of halogens is 1. The van der Waals surface area contributed by atoms with Gasteiger partial charge in [0.2, 0.25) is 0 Å². The van der Waals surface area contributed by atoms with E-state index in [2.05, 4.69) is 35.0 Å². The molecule has 2 heterocycles. The smallest absolute Gasteiger partial charge is 0.163 e. The first-order valence-electron chi connectivity index (χ1n) is 5.71. The first kappa shape index (κ1) is 12.2. The van der Waals surface area contributed by atoms with Crippen molar-refractivity contribution in [3.63, 3.8) is 0 Å². The SMILES string of the molecule is CC(NNc1ncccc1Cl)=C1CN[C@@H](C)C1. The number of aromatic nitrogens is 1. The molecule has 4 nitrogen and oxygen atoms in total. The minimum atomic E-state index is 0.556. The van der Waals surface area contributed by atoms with E-state index in [1.54, 1.807) is 18.3 Å². The maximum Gasteiger partial charge on any atom is 0.163 e. The van der Waals surface area contributed by atoms with Crippen LogP contribution < -0.4 is 16.2 Å². The van der Waals surface area contributed by atoms with Gasteiger partial charge in [-0.25, -0.2) is 4.98 Å². The van der Waals surface area contributed by atoms with E-state index in [9.17, 15) is 0 Å². The lowest BCUT2D eigenvalue weighted by molar-refractivity contribution is 0.666. The number of hydrazine groups is 1. The van der Waals surface area contributed by atoms with Crippen molar-refractivity contribution in [1.82, 2.24) is 15.7 Å². The van der Waals surface area contributed by atoms with Crippen LogP contribution in [0.5, 0.6) is 0 Å². The molecule has 2 rings (SSSR count). The zero-order chi connectivity index (χ0) is 12.3. The predicted octanol–water partition coefficient (Wildman–Crippen LogP) is 2.31. The summed E-state index contributed by atoms with van der Waals surface area (Å²) in [5, 5.41) is 4.00.